The quantitative estimate of drug-likeness (QED) is 0.675. The van der Waals surface area contributed by atoms with Crippen molar-refractivity contribution in [3.63, 3.8) is 0 Å². The molecule has 1 heterocycles. The molecule has 0 aliphatic heterocycles. The van der Waals surface area contributed by atoms with Crippen LogP contribution in [0, 0.1) is 5.41 Å². The van der Waals surface area contributed by atoms with Crippen LogP contribution < -0.4 is 5.32 Å². The maximum Gasteiger partial charge on any atom is 0.138 e. The number of aryl methyl sites for hydroxylation is 1. The van der Waals surface area contributed by atoms with Gasteiger partial charge in [-0.1, -0.05) is 40.5 Å². The molecular formula is C16H32N4. The van der Waals surface area contributed by atoms with E-state index in [1.807, 2.05) is 0 Å². The minimum atomic E-state index is 0.324. The molecule has 0 saturated carbocycles. The fourth-order valence-electron chi connectivity index (χ4n) is 2.77. The molecular weight excluding hydrogens is 248 g/mol. The molecule has 0 spiro atoms. The van der Waals surface area contributed by atoms with E-state index in [0.717, 1.165) is 38.3 Å². The molecule has 1 aromatic rings. The first kappa shape index (κ1) is 17.2. The van der Waals surface area contributed by atoms with Crippen LogP contribution in [-0.4, -0.2) is 27.9 Å². The Bertz CT molecular complexity index is 351. The smallest absolute Gasteiger partial charge is 0.138 e. The first-order valence-corrected chi connectivity index (χ1v) is 8.28. The van der Waals surface area contributed by atoms with E-state index in [1.54, 1.807) is 6.33 Å². The maximum atomic E-state index is 4.51. The van der Waals surface area contributed by atoms with Crippen molar-refractivity contribution in [1.82, 2.24) is 20.1 Å². The molecule has 0 amide bonds. The van der Waals surface area contributed by atoms with Crippen molar-refractivity contribution in [2.24, 2.45) is 5.41 Å². The van der Waals surface area contributed by atoms with Gasteiger partial charge in [0.25, 0.3) is 0 Å². The van der Waals surface area contributed by atoms with E-state index in [2.05, 4.69) is 47.8 Å². The van der Waals surface area contributed by atoms with E-state index in [4.69, 9.17) is 0 Å². The zero-order valence-electron chi connectivity index (χ0n) is 13.8. The molecule has 0 fully saturated rings. The van der Waals surface area contributed by atoms with Gasteiger partial charge in [0.2, 0.25) is 0 Å². The molecule has 0 aromatic carbocycles. The minimum absolute atomic E-state index is 0.324. The Balaban J connectivity index is 2.82. The summed E-state index contributed by atoms with van der Waals surface area (Å²) in [6, 6.07) is 0. The fourth-order valence-corrected chi connectivity index (χ4v) is 2.77. The molecule has 116 valence electrons. The van der Waals surface area contributed by atoms with Crippen LogP contribution in [0.3, 0.4) is 0 Å². The van der Waals surface area contributed by atoms with E-state index in [-0.39, 0.29) is 0 Å². The average Bonchev–Trinajstić information content (AvgIpc) is 2.89. The third-order valence-electron chi connectivity index (χ3n) is 4.22. The summed E-state index contributed by atoms with van der Waals surface area (Å²) < 4.78 is 2.09. The Morgan fingerprint density at radius 2 is 2.00 bits per heavy atom. The van der Waals surface area contributed by atoms with Gasteiger partial charge in [-0.2, -0.15) is 5.10 Å². The summed E-state index contributed by atoms with van der Waals surface area (Å²) >= 11 is 0. The number of nitrogens with zero attached hydrogens (tertiary/aromatic N) is 3. The van der Waals surface area contributed by atoms with Crippen molar-refractivity contribution >= 4 is 0 Å². The number of aromatic nitrogens is 3. The van der Waals surface area contributed by atoms with Crippen LogP contribution in [0.25, 0.3) is 0 Å². The third-order valence-corrected chi connectivity index (χ3v) is 4.22. The van der Waals surface area contributed by atoms with Gasteiger partial charge >= 0.3 is 0 Å². The van der Waals surface area contributed by atoms with Gasteiger partial charge in [-0.25, -0.2) is 4.98 Å². The molecule has 4 nitrogen and oxygen atoms in total. The van der Waals surface area contributed by atoms with Gasteiger partial charge in [0.15, 0.2) is 0 Å². The molecule has 0 bridgehead atoms. The van der Waals surface area contributed by atoms with Crippen LogP contribution in [0.4, 0.5) is 0 Å². The number of rotatable bonds is 11. The van der Waals surface area contributed by atoms with Gasteiger partial charge < -0.3 is 5.32 Å². The average molecular weight is 280 g/mol. The van der Waals surface area contributed by atoms with E-state index in [0.29, 0.717) is 5.41 Å². The van der Waals surface area contributed by atoms with E-state index in [9.17, 15) is 0 Å². The second kappa shape index (κ2) is 9.11. The second-order valence-electron chi connectivity index (χ2n) is 5.81. The summed E-state index contributed by atoms with van der Waals surface area (Å²) in [5.41, 5.74) is 0.324. The highest BCUT2D eigenvalue weighted by molar-refractivity contribution is 4.95. The topological polar surface area (TPSA) is 42.7 Å². The predicted molar refractivity (Wildman–Crippen MR) is 84.8 cm³/mol. The molecule has 1 rings (SSSR count). The molecule has 0 radical (unpaired) electrons. The van der Waals surface area contributed by atoms with Crippen LogP contribution in [0.15, 0.2) is 6.33 Å². The monoisotopic (exact) mass is 280 g/mol. The Hall–Kier alpha value is -0.900. The Morgan fingerprint density at radius 1 is 1.20 bits per heavy atom. The van der Waals surface area contributed by atoms with Gasteiger partial charge in [0, 0.05) is 19.5 Å². The summed E-state index contributed by atoms with van der Waals surface area (Å²) in [4.78, 5) is 4.51. The van der Waals surface area contributed by atoms with Gasteiger partial charge in [-0.15, -0.1) is 0 Å². The lowest BCUT2D eigenvalue weighted by Gasteiger charge is -2.33. The van der Waals surface area contributed by atoms with Crippen LogP contribution in [0.1, 0.15) is 65.6 Å². The van der Waals surface area contributed by atoms with Gasteiger partial charge in [-0.05, 0) is 31.2 Å². The van der Waals surface area contributed by atoms with Crippen molar-refractivity contribution in [1.29, 1.82) is 0 Å². The van der Waals surface area contributed by atoms with Gasteiger partial charge in [-0.3, -0.25) is 4.68 Å². The Labute approximate surface area is 124 Å². The third kappa shape index (κ3) is 4.89. The molecule has 20 heavy (non-hydrogen) atoms. The lowest BCUT2D eigenvalue weighted by atomic mass is 9.77. The van der Waals surface area contributed by atoms with Crippen molar-refractivity contribution in [3.8, 4) is 0 Å². The molecule has 1 unspecified atom stereocenters. The standard InChI is InChI=1S/C16H32N4/c1-5-9-10-16(7-3,13-17-8-4)12-15-18-14-19-20(15)11-6-2/h14,17H,5-13H2,1-4H3. The van der Waals surface area contributed by atoms with Crippen molar-refractivity contribution < 1.29 is 0 Å². The number of hydrogen-bond acceptors (Lipinski definition) is 3. The van der Waals surface area contributed by atoms with Gasteiger partial charge in [0.05, 0.1) is 0 Å². The highest BCUT2D eigenvalue weighted by Crippen LogP contribution is 2.32. The predicted octanol–water partition coefficient (Wildman–Crippen LogP) is 3.43. The second-order valence-corrected chi connectivity index (χ2v) is 5.81. The summed E-state index contributed by atoms with van der Waals surface area (Å²) in [6.45, 7) is 12.0. The van der Waals surface area contributed by atoms with Crippen molar-refractivity contribution in [2.45, 2.75) is 72.8 Å². The maximum absolute atomic E-state index is 4.51. The first-order chi connectivity index (χ1) is 9.71. The number of nitrogens with one attached hydrogen (secondary N) is 1. The summed E-state index contributed by atoms with van der Waals surface area (Å²) in [7, 11) is 0. The van der Waals surface area contributed by atoms with Gasteiger partial charge in [0.1, 0.15) is 12.2 Å². The molecule has 1 N–H and O–H groups in total. The zero-order valence-corrected chi connectivity index (χ0v) is 13.8. The molecule has 0 aliphatic carbocycles. The first-order valence-electron chi connectivity index (χ1n) is 8.28. The largest absolute Gasteiger partial charge is 0.316 e. The lowest BCUT2D eigenvalue weighted by molar-refractivity contribution is 0.222. The summed E-state index contributed by atoms with van der Waals surface area (Å²) in [5.74, 6) is 1.16. The van der Waals surface area contributed by atoms with Crippen LogP contribution in [0.2, 0.25) is 0 Å². The number of hydrogen-bond donors (Lipinski definition) is 1. The molecule has 1 aromatic heterocycles. The fraction of sp³-hybridized carbons (Fsp3) is 0.875. The van der Waals surface area contributed by atoms with Crippen molar-refractivity contribution in [3.05, 3.63) is 12.2 Å². The Morgan fingerprint density at radius 3 is 2.60 bits per heavy atom. The van der Waals surface area contributed by atoms with E-state index < -0.39 is 0 Å². The van der Waals surface area contributed by atoms with Crippen LogP contribution in [0.5, 0.6) is 0 Å². The minimum Gasteiger partial charge on any atom is -0.316 e. The molecule has 1 atom stereocenters. The van der Waals surface area contributed by atoms with E-state index in [1.165, 1.54) is 25.7 Å². The highest BCUT2D eigenvalue weighted by Gasteiger charge is 2.29. The van der Waals surface area contributed by atoms with Crippen LogP contribution >= 0.6 is 0 Å². The van der Waals surface area contributed by atoms with E-state index >= 15 is 0 Å². The molecule has 4 heteroatoms. The highest BCUT2D eigenvalue weighted by atomic mass is 15.3. The summed E-state index contributed by atoms with van der Waals surface area (Å²) in [5, 5.41) is 7.93. The normalized spacial score (nSPS) is 14.4. The lowest BCUT2D eigenvalue weighted by Crippen LogP contribution is -2.36. The van der Waals surface area contributed by atoms with Crippen LogP contribution in [-0.2, 0) is 13.0 Å². The van der Waals surface area contributed by atoms with Crippen molar-refractivity contribution in [2.75, 3.05) is 13.1 Å². The number of unbranched alkanes of at least 4 members (excludes halogenated alkanes) is 1. The SMILES string of the molecule is CCCCC(CC)(CNCC)Cc1ncnn1CCC. The molecule has 0 aliphatic rings. The summed E-state index contributed by atoms with van der Waals surface area (Å²) in [6.07, 6.45) is 8.87. The molecule has 0 saturated heterocycles. The zero-order chi connectivity index (χ0) is 14.8. The Kier molecular flexibility index (Phi) is 7.82.